The number of aromatic nitrogens is 3. The Morgan fingerprint density at radius 3 is 2.70 bits per heavy atom. The number of fused-ring (bicyclic) bond motifs is 3. The van der Waals surface area contributed by atoms with Crippen molar-refractivity contribution in [3.63, 3.8) is 0 Å². The van der Waals surface area contributed by atoms with Gasteiger partial charge in [-0.3, -0.25) is 4.57 Å². The Morgan fingerprint density at radius 1 is 1.15 bits per heavy atom. The van der Waals surface area contributed by atoms with Gasteiger partial charge in [-0.05, 0) is 30.2 Å². The maximum atomic E-state index is 13.2. The maximum absolute atomic E-state index is 13.2. The largest absolute Gasteiger partial charge is 0.389 e. The summed E-state index contributed by atoms with van der Waals surface area (Å²) < 4.78 is 51.8. The summed E-state index contributed by atoms with van der Waals surface area (Å²) in [7, 11) is 0. The van der Waals surface area contributed by atoms with E-state index in [1.54, 1.807) is 10.6 Å². The van der Waals surface area contributed by atoms with E-state index in [-0.39, 0.29) is 18.1 Å². The smallest absolute Gasteiger partial charge is 0.283 e. The SMILES string of the molecule is Fc1ccc2c(c1)CCc1nnc(CCC(F)(F)F)n1-2. The predicted molar refractivity (Wildman–Crippen MR) is 63.1 cm³/mol. The molecule has 0 fully saturated rings. The number of hydrogen-bond acceptors (Lipinski definition) is 2. The lowest BCUT2D eigenvalue weighted by Gasteiger charge is -2.19. The van der Waals surface area contributed by atoms with Crippen molar-refractivity contribution in [3.8, 4) is 5.69 Å². The molecular weight excluding hydrogens is 274 g/mol. The van der Waals surface area contributed by atoms with Gasteiger partial charge >= 0.3 is 6.18 Å². The summed E-state index contributed by atoms with van der Waals surface area (Å²) in [5, 5.41) is 7.77. The van der Waals surface area contributed by atoms with Crippen molar-refractivity contribution < 1.29 is 17.6 Å². The van der Waals surface area contributed by atoms with E-state index in [1.165, 1.54) is 12.1 Å². The predicted octanol–water partition coefficient (Wildman–Crippen LogP) is 3.00. The monoisotopic (exact) mass is 285 g/mol. The first-order valence-corrected chi connectivity index (χ1v) is 6.23. The van der Waals surface area contributed by atoms with Gasteiger partial charge in [0.1, 0.15) is 17.5 Å². The molecule has 0 radical (unpaired) electrons. The third-order valence-corrected chi connectivity index (χ3v) is 3.33. The minimum atomic E-state index is -4.23. The average Bonchev–Trinajstić information content (AvgIpc) is 2.78. The fourth-order valence-electron chi connectivity index (χ4n) is 2.43. The molecule has 0 bridgehead atoms. The molecule has 3 rings (SSSR count). The van der Waals surface area contributed by atoms with Crippen LogP contribution >= 0.6 is 0 Å². The van der Waals surface area contributed by atoms with E-state index < -0.39 is 12.6 Å². The van der Waals surface area contributed by atoms with E-state index in [2.05, 4.69) is 10.2 Å². The molecule has 0 spiro atoms. The van der Waals surface area contributed by atoms with Crippen LogP contribution in [0.4, 0.5) is 17.6 Å². The third kappa shape index (κ3) is 2.39. The zero-order chi connectivity index (χ0) is 14.3. The highest BCUT2D eigenvalue weighted by Gasteiger charge is 2.29. The lowest BCUT2D eigenvalue weighted by Crippen LogP contribution is -2.16. The zero-order valence-corrected chi connectivity index (χ0v) is 10.4. The van der Waals surface area contributed by atoms with Crippen molar-refractivity contribution in [3.05, 3.63) is 41.2 Å². The van der Waals surface area contributed by atoms with Crippen molar-refractivity contribution in [2.75, 3.05) is 0 Å². The Morgan fingerprint density at radius 2 is 1.95 bits per heavy atom. The van der Waals surface area contributed by atoms with Crippen molar-refractivity contribution in [1.29, 1.82) is 0 Å². The third-order valence-electron chi connectivity index (χ3n) is 3.33. The van der Waals surface area contributed by atoms with Crippen LogP contribution in [-0.2, 0) is 19.3 Å². The zero-order valence-electron chi connectivity index (χ0n) is 10.4. The molecule has 0 saturated heterocycles. The van der Waals surface area contributed by atoms with Gasteiger partial charge in [0.15, 0.2) is 0 Å². The van der Waals surface area contributed by atoms with Crippen molar-refractivity contribution >= 4 is 0 Å². The van der Waals surface area contributed by atoms with Crippen LogP contribution in [0.15, 0.2) is 18.2 Å². The summed E-state index contributed by atoms with van der Waals surface area (Å²) in [6.45, 7) is 0. The van der Waals surface area contributed by atoms with Crippen LogP contribution in [-0.4, -0.2) is 20.9 Å². The number of rotatable bonds is 2. The van der Waals surface area contributed by atoms with Crippen LogP contribution in [0, 0.1) is 5.82 Å². The van der Waals surface area contributed by atoms with Crippen molar-refractivity contribution in [1.82, 2.24) is 14.8 Å². The second-order valence-electron chi connectivity index (χ2n) is 4.76. The topological polar surface area (TPSA) is 30.7 Å². The van der Waals surface area contributed by atoms with Crippen LogP contribution < -0.4 is 0 Å². The van der Waals surface area contributed by atoms with E-state index in [0.29, 0.717) is 24.4 Å². The fourth-order valence-corrected chi connectivity index (χ4v) is 2.43. The summed E-state index contributed by atoms with van der Waals surface area (Å²) in [5.74, 6) is 0.545. The number of aryl methyl sites for hydroxylation is 3. The van der Waals surface area contributed by atoms with Gasteiger partial charge in [0.25, 0.3) is 0 Å². The summed E-state index contributed by atoms with van der Waals surface area (Å²) >= 11 is 0. The summed E-state index contributed by atoms with van der Waals surface area (Å²) in [5.41, 5.74) is 1.44. The van der Waals surface area contributed by atoms with Gasteiger partial charge in [-0.1, -0.05) is 0 Å². The minimum absolute atomic E-state index is 0.229. The number of halogens is 4. The first-order chi connectivity index (χ1) is 9.44. The summed E-state index contributed by atoms with van der Waals surface area (Å²) in [6, 6.07) is 4.26. The fraction of sp³-hybridized carbons (Fsp3) is 0.385. The number of nitrogens with zero attached hydrogens (tertiary/aromatic N) is 3. The van der Waals surface area contributed by atoms with Gasteiger partial charge in [-0.25, -0.2) is 4.39 Å². The number of hydrogen-bond donors (Lipinski definition) is 0. The van der Waals surface area contributed by atoms with E-state index >= 15 is 0 Å². The molecule has 2 heterocycles. The first kappa shape index (κ1) is 13.1. The Balaban J connectivity index is 1.98. The van der Waals surface area contributed by atoms with Crippen LogP contribution in [0.2, 0.25) is 0 Å². The molecule has 0 aliphatic carbocycles. The lowest BCUT2D eigenvalue weighted by atomic mass is 10.0. The molecule has 0 unspecified atom stereocenters. The lowest BCUT2D eigenvalue weighted by molar-refractivity contribution is -0.134. The van der Waals surface area contributed by atoms with Crippen molar-refractivity contribution in [2.45, 2.75) is 31.9 Å². The summed E-state index contributed by atoms with van der Waals surface area (Å²) in [4.78, 5) is 0. The molecule has 20 heavy (non-hydrogen) atoms. The maximum Gasteiger partial charge on any atom is 0.389 e. The van der Waals surface area contributed by atoms with Crippen LogP contribution in [0.5, 0.6) is 0 Å². The van der Waals surface area contributed by atoms with Gasteiger partial charge in [-0.2, -0.15) is 13.2 Å². The number of benzene rings is 1. The van der Waals surface area contributed by atoms with Gasteiger partial charge in [0.2, 0.25) is 0 Å². The minimum Gasteiger partial charge on any atom is -0.283 e. The molecule has 1 aliphatic heterocycles. The second-order valence-corrected chi connectivity index (χ2v) is 4.76. The average molecular weight is 285 g/mol. The molecule has 2 aromatic rings. The van der Waals surface area contributed by atoms with Crippen LogP contribution in [0.25, 0.3) is 5.69 Å². The first-order valence-electron chi connectivity index (χ1n) is 6.23. The van der Waals surface area contributed by atoms with E-state index in [1.807, 2.05) is 0 Å². The van der Waals surface area contributed by atoms with Gasteiger partial charge in [0, 0.05) is 12.8 Å². The normalized spacial score (nSPS) is 14.0. The molecule has 1 aliphatic rings. The Kier molecular flexibility index (Phi) is 2.99. The summed E-state index contributed by atoms with van der Waals surface area (Å²) in [6.07, 6.45) is -4.23. The van der Waals surface area contributed by atoms with E-state index in [4.69, 9.17) is 0 Å². The highest BCUT2D eigenvalue weighted by Crippen LogP contribution is 2.28. The van der Waals surface area contributed by atoms with E-state index in [9.17, 15) is 17.6 Å². The Labute approximate surface area is 112 Å². The molecule has 3 nitrogen and oxygen atoms in total. The molecule has 1 aromatic carbocycles. The van der Waals surface area contributed by atoms with E-state index in [0.717, 1.165) is 5.56 Å². The highest BCUT2D eigenvalue weighted by atomic mass is 19.4. The Hall–Kier alpha value is -1.92. The molecule has 1 aromatic heterocycles. The van der Waals surface area contributed by atoms with Crippen LogP contribution in [0.1, 0.15) is 23.6 Å². The molecule has 0 amide bonds. The van der Waals surface area contributed by atoms with Gasteiger partial charge in [0.05, 0.1) is 12.1 Å². The molecule has 0 atom stereocenters. The quantitative estimate of drug-likeness (QED) is 0.794. The van der Waals surface area contributed by atoms with Crippen LogP contribution in [0.3, 0.4) is 0 Å². The second kappa shape index (κ2) is 4.57. The molecule has 0 saturated carbocycles. The number of alkyl halides is 3. The molecular formula is C13H11F4N3. The van der Waals surface area contributed by atoms with Gasteiger partial charge in [-0.15, -0.1) is 10.2 Å². The Bertz CT molecular complexity index is 646. The van der Waals surface area contributed by atoms with Crippen molar-refractivity contribution in [2.24, 2.45) is 0 Å². The molecule has 106 valence electrons. The highest BCUT2D eigenvalue weighted by molar-refractivity contribution is 5.45. The standard InChI is InChI=1S/C13H11F4N3/c14-9-2-3-10-8(7-9)1-4-11-18-19-12(20(10)11)5-6-13(15,16)17/h2-3,7H,1,4-6H2. The molecule has 7 heteroatoms. The van der Waals surface area contributed by atoms with Gasteiger partial charge < -0.3 is 0 Å². The molecule has 0 N–H and O–H groups in total.